The molecule has 5 nitrogen and oxygen atoms in total. The summed E-state index contributed by atoms with van der Waals surface area (Å²) in [5, 5.41) is 3.53. The van der Waals surface area contributed by atoms with Crippen molar-refractivity contribution in [2.24, 2.45) is 5.73 Å². The fourth-order valence-electron chi connectivity index (χ4n) is 2.59. The molecule has 0 radical (unpaired) electrons. The summed E-state index contributed by atoms with van der Waals surface area (Å²) < 4.78 is 0. The van der Waals surface area contributed by atoms with E-state index in [0.717, 1.165) is 31.7 Å². The lowest BCUT2D eigenvalue weighted by Crippen LogP contribution is -2.29. The van der Waals surface area contributed by atoms with Crippen LogP contribution in [0.3, 0.4) is 0 Å². The fourth-order valence-corrected chi connectivity index (χ4v) is 3.66. The first-order chi connectivity index (χ1) is 10.7. The number of aromatic nitrogens is 1. The number of anilines is 1. The Morgan fingerprint density at radius 3 is 2.95 bits per heavy atom. The molecule has 1 aliphatic rings. The van der Waals surface area contributed by atoms with Crippen molar-refractivity contribution in [1.29, 1.82) is 0 Å². The van der Waals surface area contributed by atoms with Crippen molar-refractivity contribution in [3.8, 4) is 0 Å². The van der Waals surface area contributed by atoms with Gasteiger partial charge in [0.25, 0.3) is 0 Å². The van der Waals surface area contributed by atoms with E-state index in [4.69, 9.17) is 5.73 Å². The van der Waals surface area contributed by atoms with Gasteiger partial charge in [-0.15, -0.1) is 11.3 Å². The molecule has 0 saturated carbocycles. The van der Waals surface area contributed by atoms with Crippen molar-refractivity contribution < 1.29 is 4.79 Å². The highest BCUT2D eigenvalue weighted by atomic mass is 32.1. The molecule has 0 bridgehead atoms. The maximum absolute atomic E-state index is 11.6. The minimum absolute atomic E-state index is 0.0604. The Kier molecular flexibility index (Phi) is 4.82. The maximum Gasteiger partial charge on any atom is 0.227 e. The second-order valence-corrected chi connectivity index (χ2v) is 6.51. The van der Waals surface area contributed by atoms with Crippen LogP contribution in [0.4, 0.5) is 5.13 Å². The van der Waals surface area contributed by atoms with Gasteiger partial charge >= 0.3 is 0 Å². The van der Waals surface area contributed by atoms with Crippen LogP contribution in [0.25, 0.3) is 0 Å². The van der Waals surface area contributed by atoms with Crippen LogP contribution in [0.15, 0.2) is 30.3 Å². The molecule has 0 aliphatic carbocycles. The number of fused-ring (bicyclic) bond motifs is 1. The summed E-state index contributed by atoms with van der Waals surface area (Å²) in [5.74, 6) is -0.0604. The number of thiazole rings is 1. The highest BCUT2D eigenvalue weighted by Crippen LogP contribution is 2.29. The minimum atomic E-state index is -0.0604. The third-order valence-electron chi connectivity index (χ3n) is 3.68. The number of nitrogens with zero attached hydrogens (tertiary/aromatic N) is 2. The molecule has 1 aromatic heterocycles. The smallest absolute Gasteiger partial charge is 0.227 e. The molecule has 116 valence electrons. The van der Waals surface area contributed by atoms with Gasteiger partial charge < -0.3 is 11.1 Å². The maximum atomic E-state index is 11.6. The monoisotopic (exact) mass is 316 g/mol. The van der Waals surface area contributed by atoms with Crippen molar-refractivity contribution >= 4 is 22.4 Å². The molecule has 2 heterocycles. The fraction of sp³-hybridized carbons (Fsp3) is 0.375. The standard InChI is InChI=1S/C16H20N4OS/c17-8-6-15(21)19-16-18-13-7-9-20(11-14(13)22-16)10-12-4-2-1-3-5-12/h1-5H,6-11,17H2,(H,18,19,21). The third kappa shape index (κ3) is 3.71. The van der Waals surface area contributed by atoms with E-state index in [1.807, 2.05) is 6.07 Å². The summed E-state index contributed by atoms with van der Waals surface area (Å²) in [6, 6.07) is 10.5. The zero-order chi connectivity index (χ0) is 15.4. The van der Waals surface area contributed by atoms with Gasteiger partial charge in [0, 0.05) is 43.9 Å². The highest BCUT2D eigenvalue weighted by Gasteiger charge is 2.21. The number of hydrogen-bond donors (Lipinski definition) is 2. The van der Waals surface area contributed by atoms with Crippen LogP contribution in [0.5, 0.6) is 0 Å². The molecule has 6 heteroatoms. The molecule has 0 unspecified atom stereocenters. The number of benzene rings is 1. The summed E-state index contributed by atoms with van der Waals surface area (Å²) in [4.78, 5) is 19.8. The van der Waals surface area contributed by atoms with Gasteiger partial charge in [0.1, 0.15) is 0 Å². The summed E-state index contributed by atoms with van der Waals surface area (Å²) in [5.41, 5.74) is 7.84. The van der Waals surface area contributed by atoms with Gasteiger partial charge in [0.15, 0.2) is 5.13 Å². The number of hydrogen-bond acceptors (Lipinski definition) is 5. The Hall–Kier alpha value is -1.76. The largest absolute Gasteiger partial charge is 0.330 e. The van der Waals surface area contributed by atoms with Crippen molar-refractivity contribution in [1.82, 2.24) is 9.88 Å². The van der Waals surface area contributed by atoms with Crippen molar-refractivity contribution in [3.63, 3.8) is 0 Å². The van der Waals surface area contributed by atoms with E-state index in [1.165, 1.54) is 10.4 Å². The predicted octanol–water partition coefficient (Wildman–Crippen LogP) is 1.99. The van der Waals surface area contributed by atoms with E-state index < -0.39 is 0 Å². The van der Waals surface area contributed by atoms with Crippen LogP contribution in [0.1, 0.15) is 22.6 Å². The van der Waals surface area contributed by atoms with Gasteiger partial charge in [-0.05, 0) is 5.56 Å². The Labute approximate surface area is 134 Å². The van der Waals surface area contributed by atoms with Crippen molar-refractivity contribution in [3.05, 3.63) is 46.5 Å². The normalized spacial score (nSPS) is 14.6. The van der Waals surface area contributed by atoms with Gasteiger partial charge in [-0.2, -0.15) is 0 Å². The Balaban J connectivity index is 1.63. The number of rotatable bonds is 5. The summed E-state index contributed by atoms with van der Waals surface area (Å²) in [6.07, 6.45) is 1.27. The first kappa shape index (κ1) is 15.1. The SMILES string of the molecule is NCCC(=O)Nc1nc2c(s1)CN(Cc1ccccc1)CC2. The van der Waals surface area contributed by atoms with E-state index in [9.17, 15) is 4.79 Å². The molecular formula is C16H20N4OS. The van der Waals surface area contributed by atoms with Crippen LogP contribution in [0, 0.1) is 0 Å². The molecule has 1 aromatic carbocycles. The van der Waals surface area contributed by atoms with Crippen LogP contribution < -0.4 is 11.1 Å². The van der Waals surface area contributed by atoms with Gasteiger partial charge in [0.05, 0.1) is 5.69 Å². The first-order valence-corrected chi connectivity index (χ1v) is 8.31. The average molecular weight is 316 g/mol. The Morgan fingerprint density at radius 2 is 2.18 bits per heavy atom. The van der Waals surface area contributed by atoms with E-state index in [2.05, 4.69) is 39.5 Å². The first-order valence-electron chi connectivity index (χ1n) is 7.49. The lowest BCUT2D eigenvalue weighted by molar-refractivity contribution is -0.116. The summed E-state index contributed by atoms with van der Waals surface area (Å²) in [7, 11) is 0. The molecule has 0 atom stereocenters. The van der Waals surface area contributed by atoms with E-state index in [1.54, 1.807) is 11.3 Å². The highest BCUT2D eigenvalue weighted by molar-refractivity contribution is 7.15. The molecule has 1 aliphatic heterocycles. The molecular weight excluding hydrogens is 296 g/mol. The predicted molar refractivity (Wildman–Crippen MR) is 88.7 cm³/mol. The molecule has 1 amide bonds. The van der Waals surface area contributed by atoms with Crippen LogP contribution in [0.2, 0.25) is 0 Å². The molecule has 22 heavy (non-hydrogen) atoms. The van der Waals surface area contributed by atoms with Gasteiger partial charge in [0.2, 0.25) is 5.91 Å². The number of amides is 1. The van der Waals surface area contributed by atoms with Crippen molar-refractivity contribution in [2.45, 2.75) is 25.9 Å². The van der Waals surface area contributed by atoms with Crippen LogP contribution >= 0.6 is 11.3 Å². The summed E-state index contributed by atoms with van der Waals surface area (Å²) >= 11 is 1.58. The zero-order valence-electron chi connectivity index (χ0n) is 12.4. The number of nitrogens with one attached hydrogen (secondary N) is 1. The van der Waals surface area contributed by atoms with E-state index in [-0.39, 0.29) is 5.91 Å². The third-order valence-corrected chi connectivity index (χ3v) is 4.67. The van der Waals surface area contributed by atoms with Crippen LogP contribution in [-0.4, -0.2) is 28.9 Å². The minimum Gasteiger partial charge on any atom is -0.330 e. The second kappa shape index (κ2) is 7.00. The quantitative estimate of drug-likeness (QED) is 0.885. The van der Waals surface area contributed by atoms with Gasteiger partial charge in [-0.3, -0.25) is 9.69 Å². The molecule has 2 aromatic rings. The van der Waals surface area contributed by atoms with Gasteiger partial charge in [-0.25, -0.2) is 4.98 Å². The average Bonchev–Trinajstić information content (AvgIpc) is 2.90. The Bertz CT molecular complexity index is 641. The number of carbonyl (C=O) groups excluding carboxylic acids is 1. The van der Waals surface area contributed by atoms with Crippen LogP contribution in [-0.2, 0) is 24.3 Å². The number of nitrogens with two attached hydrogens (primary N) is 1. The molecule has 0 spiro atoms. The Morgan fingerprint density at radius 1 is 1.36 bits per heavy atom. The lowest BCUT2D eigenvalue weighted by Gasteiger charge is -2.25. The van der Waals surface area contributed by atoms with Crippen molar-refractivity contribution in [2.75, 3.05) is 18.4 Å². The second-order valence-electron chi connectivity index (χ2n) is 5.42. The molecule has 0 fully saturated rings. The molecule has 3 rings (SSSR count). The number of carbonyl (C=O) groups is 1. The topological polar surface area (TPSA) is 71.2 Å². The van der Waals surface area contributed by atoms with E-state index in [0.29, 0.717) is 18.1 Å². The lowest BCUT2D eigenvalue weighted by atomic mass is 10.1. The zero-order valence-corrected chi connectivity index (χ0v) is 13.2. The van der Waals surface area contributed by atoms with E-state index >= 15 is 0 Å². The van der Waals surface area contributed by atoms with Gasteiger partial charge in [-0.1, -0.05) is 30.3 Å². The molecule has 0 saturated heterocycles. The molecule has 3 N–H and O–H groups in total. The summed E-state index contributed by atoms with van der Waals surface area (Å²) in [6.45, 7) is 3.21.